The minimum Gasteiger partial charge on any atom is -0.494 e. The van der Waals surface area contributed by atoms with Crippen LogP contribution < -0.4 is 9.64 Å². The summed E-state index contributed by atoms with van der Waals surface area (Å²) >= 11 is 0. The Morgan fingerprint density at radius 1 is 1.11 bits per heavy atom. The number of carbonyl (C=O) groups is 1. The summed E-state index contributed by atoms with van der Waals surface area (Å²) in [6.07, 6.45) is 1.38. The van der Waals surface area contributed by atoms with Crippen molar-refractivity contribution < 1.29 is 22.7 Å². The minimum absolute atomic E-state index is 0.275. The van der Waals surface area contributed by atoms with Crippen LogP contribution in [0.5, 0.6) is 5.75 Å². The highest BCUT2D eigenvalue weighted by atomic mass is 19.4. The summed E-state index contributed by atoms with van der Waals surface area (Å²) in [5.41, 5.74) is 3.85. The van der Waals surface area contributed by atoms with Crippen molar-refractivity contribution in [1.82, 2.24) is 24.8 Å². The lowest BCUT2D eigenvalue weighted by Gasteiger charge is -2.26. The quantitative estimate of drug-likeness (QED) is 0.406. The molecule has 1 amide bonds. The smallest absolute Gasteiger partial charge is 0.406 e. The van der Waals surface area contributed by atoms with Gasteiger partial charge in [0.2, 0.25) is 0 Å². The average molecular weight is 496 g/mol. The Hall–Kier alpha value is -4.15. The molecule has 3 heterocycles. The Labute approximate surface area is 204 Å². The highest BCUT2D eigenvalue weighted by Crippen LogP contribution is 2.34. The van der Waals surface area contributed by atoms with E-state index in [9.17, 15) is 18.0 Å². The minimum atomic E-state index is -4.55. The van der Waals surface area contributed by atoms with Crippen LogP contribution in [-0.2, 0) is 11.2 Å². The first-order valence-corrected chi connectivity index (χ1v) is 11.3. The van der Waals surface area contributed by atoms with Crippen LogP contribution in [0.15, 0.2) is 61.1 Å². The fraction of sp³-hybridized carbons (Fsp3) is 0.280. The molecule has 0 spiro atoms. The van der Waals surface area contributed by atoms with Crippen LogP contribution in [0.1, 0.15) is 23.6 Å². The number of halogens is 3. The van der Waals surface area contributed by atoms with Gasteiger partial charge in [0, 0.05) is 17.4 Å². The zero-order valence-corrected chi connectivity index (χ0v) is 19.6. The van der Waals surface area contributed by atoms with Crippen LogP contribution in [0.4, 0.5) is 18.9 Å². The van der Waals surface area contributed by atoms with Gasteiger partial charge in [0.15, 0.2) is 0 Å². The molecule has 1 aliphatic heterocycles. The molecule has 2 aromatic heterocycles. The molecule has 0 bridgehead atoms. The monoisotopic (exact) mass is 496 g/mol. The van der Waals surface area contributed by atoms with E-state index in [0.717, 1.165) is 16.2 Å². The summed E-state index contributed by atoms with van der Waals surface area (Å²) in [7, 11) is 1.55. The van der Waals surface area contributed by atoms with Crippen LogP contribution in [0.25, 0.3) is 16.9 Å². The maximum Gasteiger partial charge on any atom is 0.406 e. The number of rotatable bonds is 5. The normalized spacial score (nSPS) is 16.1. The summed E-state index contributed by atoms with van der Waals surface area (Å²) in [5.74, 6) is -0.113. The van der Waals surface area contributed by atoms with Crippen molar-refractivity contribution >= 4 is 11.6 Å². The highest BCUT2D eigenvalue weighted by molar-refractivity contribution is 5.97. The fourth-order valence-corrected chi connectivity index (χ4v) is 4.42. The Kier molecular flexibility index (Phi) is 5.99. The number of anilines is 1. The molecule has 4 aromatic rings. The molecule has 0 saturated carbocycles. The number of hydrogen-bond donors (Lipinski definition) is 0. The third kappa shape index (κ3) is 4.56. The first-order chi connectivity index (χ1) is 17.2. The van der Waals surface area contributed by atoms with Gasteiger partial charge in [0.25, 0.3) is 5.91 Å². The van der Waals surface area contributed by atoms with E-state index in [4.69, 9.17) is 4.74 Å². The number of aryl methyl sites for hydroxylation is 2. The molecule has 36 heavy (non-hydrogen) atoms. The Morgan fingerprint density at radius 2 is 1.92 bits per heavy atom. The van der Waals surface area contributed by atoms with E-state index in [1.165, 1.54) is 4.68 Å². The summed E-state index contributed by atoms with van der Waals surface area (Å²) in [6.45, 7) is 0.568. The molecule has 1 atom stereocenters. The summed E-state index contributed by atoms with van der Waals surface area (Å²) in [4.78, 5) is 14.1. The lowest BCUT2D eigenvalue weighted by molar-refractivity contribution is -0.134. The topological polar surface area (TPSA) is 78.1 Å². The van der Waals surface area contributed by atoms with Crippen molar-refractivity contribution in [3.63, 3.8) is 0 Å². The third-order valence-electron chi connectivity index (χ3n) is 6.12. The molecule has 0 N–H and O–H groups in total. The SMILES string of the molecule is COc1cc(-c2cn(C3CCc4ccccc4N(CC(F)(F)F)C3=O)nn2)ccc1-n1cc(C)cn1. The van der Waals surface area contributed by atoms with E-state index in [1.807, 2.05) is 25.3 Å². The second kappa shape index (κ2) is 9.14. The van der Waals surface area contributed by atoms with Crippen molar-refractivity contribution in [3.8, 4) is 22.7 Å². The number of fused-ring (bicyclic) bond motifs is 1. The van der Waals surface area contributed by atoms with Gasteiger partial charge in [-0.05, 0) is 49.1 Å². The van der Waals surface area contributed by atoms with Crippen molar-refractivity contribution in [2.45, 2.75) is 32.0 Å². The number of carbonyl (C=O) groups excluding carboxylic acids is 1. The van der Waals surface area contributed by atoms with Gasteiger partial charge in [0.1, 0.15) is 29.7 Å². The molecule has 0 aliphatic carbocycles. The van der Waals surface area contributed by atoms with E-state index in [0.29, 0.717) is 35.4 Å². The maximum atomic E-state index is 13.4. The van der Waals surface area contributed by atoms with E-state index >= 15 is 0 Å². The molecule has 186 valence electrons. The third-order valence-corrected chi connectivity index (χ3v) is 6.12. The Bertz CT molecular complexity index is 1410. The second-order valence-corrected chi connectivity index (χ2v) is 8.66. The number of aromatic nitrogens is 5. The maximum absolute atomic E-state index is 13.4. The molecule has 0 radical (unpaired) electrons. The predicted molar refractivity (Wildman–Crippen MR) is 126 cm³/mol. The van der Waals surface area contributed by atoms with Gasteiger partial charge in [0.05, 0.1) is 19.5 Å². The van der Waals surface area contributed by atoms with Gasteiger partial charge in [-0.15, -0.1) is 5.10 Å². The fourth-order valence-electron chi connectivity index (χ4n) is 4.42. The van der Waals surface area contributed by atoms with E-state index < -0.39 is 24.7 Å². The lowest BCUT2D eigenvalue weighted by Crippen LogP contribution is -2.42. The molecular weight excluding hydrogens is 473 g/mol. The van der Waals surface area contributed by atoms with Crippen LogP contribution >= 0.6 is 0 Å². The zero-order chi connectivity index (χ0) is 25.4. The highest BCUT2D eigenvalue weighted by Gasteiger charge is 2.39. The number of hydrogen-bond acceptors (Lipinski definition) is 5. The lowest BCUT2D eigenvalue weighted by atomic mass is 10.1. The largest absolute Gasteiger partial charge is 0.494 e. The first kappa shape index (κ1) is 23.6. The second-order valence-electron chi connectivity index (χ2n) is 8.66. The van der Waals surface area contributed by atoms with Gasteiger partial charge < -0.3 is 9.64 Å². The van der Waals surface area contributed by atoms with Crippen molar-refractivity contribution in [2.75, 3.05) is 18.6 Å². The number of benzene rings is 2. The summed E-state index contributed by atoms with van der Waals surface area (Å²) < 4.78 is 48.7. The van der Waals surface area contributed by atoms with Crippen molar-refractivity contribution in [3.05, 3.63) is 72.2 Å². The number of amides is 1. The molecule has 0 saturated heterocycles. The Morgan fingerprint density at radius 3 is 2.64 bits per heavy atom. The van der Waals surface area contributed by atoms with E-state index in [1.54, 1.807) is 54.5 Å². The Balaban J connectivity index is 1.46. The first-order valence-electron chi connectivity index (χ1n) is 11.3. The number of ether oxygens (including phenoxy) is 1. The van der Waals surface area contributed by atoms with Crippen LogP contribution in [0, 0.1) is 6.92 Å². The molecule has 0 fully saturated rings. The molecule has 1 aliphatic rings. The number of methoxy groups -OCH3 is 1. The zero-order valence-electron chi connectivity index (χ0n) is 19.6. The van der Waals surface area contributed by atoms with E-state index in [-0.39, 0.29) is 5.69 Å². The average Bonchev–Trinajstić information content (AvgIpc) is 3.49. The van der Waals surface area contributed by atoms with Crippen molar-refractivity contribution in [2.24, 2.45) is 0 Å². The van der Waals surface area contributed by atoms with Gasteiger partial charge >= 0.3 is 6.18 Å². The van der Waals surface area contributed by atoms with Gasteiger partial charge in [-0.3, -0.25) is 4.79 Å². The molecular formula is C25H23F3N6O2. The van der Waals surface area contributed by atoms with E-state index in [2.05, 4.69) is 15.4 Å². The predicted octanol–water partition coefficient (Wildman–Crippen LogP) is 4.53. The molecule has 2 aromatic carbocycles. The van der Waals surface area contributed by atoms with Crippen LogP contribution in [-0.4, -0.2) is 50.5 Å². The van der Waals surface area contributed by atoms with Crippen molar-refractivity contribution in [1.29, 1.82) is 0 Å². The standard InChI is InChI=1S/C25H23F3N6O2/c1-16-12-29-33(13-16)21-9-8-18(11-23(21)36-2)19-14-34(31-30-19)22-10-7-17-5-3-4-6-20(17)32(24(22)35)15-25(26,27)28/h3-6,8-9,11-14,22H,7,10,15H2,1-2H3. The van der Waals surface area contributed by atoms with Crippen LogP contribution in [0.2, 0.25) is 0 Å². The summed E-state index contributed by atoms with van der Waals surface area (Å²) in [6, 6.07) is 11.2. The molecule has 5 rings (SSSR count). The molecule has 8 nitrogen and oxygen atoms in total. The van der Waals surface area contributed by atoms with Crippen LogP contribution in [0.3, 0.4) is 0 Å². The number of alkyl halides is 3. The number of nitrogens with zero attached hydrogens (tertiary/aromatic N) is 6. The van der Waals surface area contributed by atoms with Gasteiger partial charge in [-0.1, -0.05) is 29.5 Å². The number of para-hydroxylation sites is 1. The molecule has 1 unspecified atom stereocenters. The molecule has 11 heteroatoms. The van der Waals surface area contributed by atoms with Gasteiger partial charge in [-0.25, -0.2) is 9.36 Å². The summed E-state index contributed by atoms with van der Waals surface area (Å²) in [5, 5.41) is 12.6. The van der Waals surface area contributed by atoms with Gasteiger partial charge in [-0.2, -0.15) is 18.3 Å².